The van der Waals surface area contributed by atoms with E-state index in [1.165, 1.54) is 7.11 Å². The second-order valence-corrected chi connectivity index (χ2v) is 7.99. The van der Waals surface area contributed by atoms with Gasteiger partial charge in [0.15, 0.2) is 0 Å². The van der Waals surface area contributed by atoms with Gasteiger partial charge < -0.3 is 18.2 Å². The number of methoxy groups -OCH3 is 1. The van der Waals surface area contributed by atoms with E-state index >= 15 is 0 Å². The third-order valence-corrected chi connectivity index (χ3v) is 4.54. The van der Waals surface area contributed by atoms with Crippen molar-refractivity contribution in [2.24, 2.45) is 0 Å². The highest BCUT2D eigenvalue weighted by molar-refractivity contribution is 7.47. The van der Waals surface area contributed by atoms with Crippen molar-refractivity contribution in [3.63, 3.8) is 0 Å². The Kier molecular flexibility index (Phi) is 5.55. The Morgan fingerprint density at radius 2 is 1.52 bits per heavy atom. The van der Waals surface area contributed by atoms with Gasteiger partial charge in [-0.25, -0.2) is 9.13 Å². The van der Waals surface area contributed by atoms with E-state index in [9.17, 15) is 13.9 Å². The smallest absolute Gasteiger partial charge is 0.497 e. The molecule has 0 radical (unpaired) electrons. The summed E-state index contributed by atoms with van der Waals surface area (Å²) in [6.07, 6.45) is 1.09. The summed E-state index contributed by atoms with van der Waals surface area (Å²) >= 11 is 0. The second kappa shape index (κ2) is 7.64. The molecule has 0 fully saturated rings. The predicted molar refractivity (Wildman–Crippen MR) is 99.8 cm³/mol. The van der Waals surface area contributed by atoms with Crippen LogP contribution in [0, 0.1) is 0 Å². The summed E-state index contributed by atoms with van der Waals surface area (Å²) in [6.45, 7) is 0. The first-order valence-corrected chi connectivity index (χ1v) is 10.8. The average Bonchev–Trinajstić information content (AvgIpc) is 2.59. The van der Waals surface area contributed by atoms with Crippen LogP contribution in [-0.2, 0) is 9.13 Å². The Labute approximate surface area is 162 Å². The molecule has 29 heavy (non-hydrogen) atoms. The van der Waals surface area contributed by atoms with E-state index in [2.05, 4.69) is 9.05 Å². The minimum Gasteiger partial charge on any atom is -0.497 e. The summed E-state index contributed by atoms with van der Waals surface area (Å²) in [5.41, 5.74) is -0.470. The molecule has 4 N–H and O–H groups in total. The predicted octanol–water partition coefficient (Wildman–Crippen LogP) is 2.41. The molecule has 0 saturated carbocycles. The first kappa shape index (κ1) is 21.1. The maximum Gasteiger partial charge on any atom is 0.524 e. The Bertz CT molecular complexity index is 1200. The topological polar surface area (TPSA) is 173 Å². The summed E-state index contributed by atoms with van der Waals surface area (Å²) in [4.78, 5) is 49.1. The van der Waals surface area contributed by atoms with Gasteiger partial charge in [0.05, 0.1) is 12.7 Å². The maximum absolute atomic E-state index is 13.0. The number of hydrogen-bond acceptors (Lipinski definition) is 7. The minimum atomic E-state index is -5.13. The fourth-order valence-electron chi connectivity index (χ4n) is 2.55. The molecule has 1 aromatic heterocycles. The molecule has 0 amide bonds. The molecule has 0 aliphatic rings. The minimum absolute atomic E-state index is 0.0550. The maximum atomic E-state index is 13.0. The van der Waals surface area contributed by atoms with E-state index in [1.807, 2.05) is 0 Å². The van der Waals surface area contributed by atoms with E-state index in [0.29, 0.717) is 11.3 Å². The van der Waals surface area contributed by atoms with E-state index in [-0.39, 0.29) is 16.5 Å². The van der Waals surface area contributed by atoms with Crippen LogP contribution in [0.3, 0.4) is 0 Å². The first-order chi connectivity index (χ1) is 13.5. The molecule has 1 heterocycles. The normalized spacial score (nSPS) is 12.0. The van der Waals surface area contributed by atoms with Crippen molar-refractivity contribution in [2.75, 3.05) is 7.11 Å². The Hall–Kier alpha value is -2.65. The molecule has 13 heteroatoms. The number of phosphoric acid groups is 2. The third kappa shape index (κ3) is 5.04. The molecule has 3 rings (SSSR count). The summed E-state index contributed by atoms with van der Waals surface area (Å²) in [7, 11) is -8.65. The first-order valence-electron chi connectivity index (χ1n) is 7.71. The lowest BCUT2D eigenvalue weighted by Gasteiger charge is -2.13. The molecule has 0 aliphatic heterocycles. The molecule has 2 aromatic carbocycles. The van der Waals surface area contributed by atoms with Gasteiger partial charge in [-0.1, -0.05) is 12.1 Å². The van der Waals surface area contributed by atoms with Crippen LogP contribution in [-0.4, -0.2) is 26.7 Å². The van der Waals surface area contributed by atoms with E-state index < -0.39 is 32.6 Å². The fraction of sp³-hybridized carbons (Fsp3) is 0.0625. The van der Waals surface area contributed by atoms with Gasteiger partial charge in [0, 0.05) is 12.1 Å². The van der Waals surface area contributed by atoms with Crippen molar-refractivity contribution in [1.29, 1.82) is 0 Å². The number of phosphoric ester groups is 2. The van der Waals surface area contributed by atoms with Crippen LogP contribution in [0.5, 0.6) is 17.2 Å². The van der Waals surface area contributed by atoms with Crippen molar-refractivity contribution in [3.05, 3.63) is 52.9 Å². The van der Waals surface area contributed by atoms with Gasteiger partial charge in [-0.3, -0.25) is 24.4 Å². The Balaban J connectivity index is 2.24. The van der Waals surface area contributed by atoms with Crippen molar-refractivity contribution >= 4 is 26.6 Å². The lowest BCUT2D eigenvalue weighted by Crippen LogP contribution is -2.07. The summed E-state index contributed by atoms with van der Waals surface area (Å²) < 4.78 is 41.7. The number of fused-ring (bicyclic) bond motifs is 1. The Morgan fingerprint density at radius 3 is 2.07 bits per heavy atom. The van der Waals surface area contributed by atoms with Crippen molar-refractivity contribution < 1.29 is 46.9 Å². The van der Waals surface area contributed by atoms with Gasteiger partial charge in [-0.05, 0) is 17.7 Å². The van der Waals surface area contributed by atoms with Gasteiger partial charge in [0.2, 0.25) is 5.43 Å². The van der Waals surface area contributed by atoms with Crippen LogP contribution in [0.4, 0.5) is 0 Å². The molecule has 154 valence electrons. The molecule has 0 unspecified atom stereocenters. The lowest BCUT2D eigenvalue weighted by atomic mass is 10.0. The van der Waals surface area contributed by atoms with Crippen LogP contribution < -0.4 is 19.2 Å². The number of hydrogen-bond donors (Lipinski definition) is 4. The highest BCUT2D eigenvalue weighted by Gasteiger charge is 2.24. The Morgan fingerprint density at radius 1 is 0.897 bits per heavy atom. The fourth-order valence-corrected chi connectivity index (χ4v) is 3.33. The molecular weight excluding hydrogens is 430 g/mol. The molecule has 0 saturated heterocycles. The molecular formula is C16H14O11P2. The van der Waals surface area contributed by atoms with Crippen LogP contribution in [0.1, 0.15) is 0 Å². The summed E-state index contributed by atoms with van der Waals surface area (Å²) in [5, 5.41) is -0.347. The number of benzene rings is 2. The molecule has 11 nitrogen and oxygen atoms in total. The molecule has 0 atom stereocenters. The van der Waals surface area contributed by atoms with Crippen LogP contribution in [0.15, 0.2) is 51.9 Å². The van der Waals surface area contributed by atoms with Crippen molar-refractivity contribution in [3.8, 4) is 28.4 Å². The quantitative estimate of drug-likeness (QED) is 0.411. The molecule has 3 aromatic rings. The molecule has 0 spiro atoms. The van der Waals surface area contributed by atoms with Gasteiger partial charge in [-0.2, -0.15) is 0 Å². The summed E-state index contributed by atoms with van der Waals surface area (Å²) in [5.74, 6) is -0.637. The zero-order valence-electron chi connectivity index (χ0n) is 14.6. The van der Waals surface area contributed by atoms with Gasteiger partial charge in [0.1, 0.15) is 34.5 Å². The average molecular weight is 444 g/mol. The monoisotopic (exact) mass is 444 g/mol. The highest BCUT2D eigenvalue weighted by atomic mass is 31.2. The standard InChI is InChI=1S/C16H14O11P2/c1-24-10-4-2-9(3-5-10)12-8-25-13-6-11(26-28(18,19)20)7-14(15(13)16(12)17)27-29(21,22)23/h2-8H,1H3,(H2,18,19,20)(H2,21,22,23). The molecule has 0 aliphatic carbocycles. The number of ether oxygens (including phenoxy) is 1. The van der Waals surface area contributed by atoms with Gasteiger partial charge >= 0.3 is 15.6 Å². The van der Waals surface area contributed by atoms with E-state index in [0.717, 1.165) is 18.4 Å². The molecule has 0 bridgehead atoms. The zero-order valence-corrected chi connectivity index (χ0v) is 16.4. The van der Waals surface area contributed by atoms with Gasteiger partial charge in [0.25, 0.3) is 0 Å². The lowest BCUT2D eigenvalue weighted by molar-refractivity contribution is 0.281. The van der Waals surface area contributed by atoms with E-state index in [1.54, 1.807) is 24.3 Å². The number of rotatable bonds is 6. The van der Waals surface area contributed by atoms with E-state index in [4.69, 9.17) is 28.7 Å². The largest absolute Gasteiger partial charge is 0.524 e. The van der Waals surface area contributed by atoms with Crippen molar-refractivity contribution in [2.45, 2.75) is 0 Å². The van der Waals surface area contributed by atoms with Crippen LogP contribution in [0.25, 0.3) is 22.1 Å². The van der Waals surface area contributed by atoms with Gasteiger partial charge in [-0.15, -0.1) is 0 Å². The van der Waals surface area contributed by atoms with Crippen molar-refractivity contribution in [1.82, 2.24) is 0 Å². The third-order valence-electron chi connectivity index (χ3n) is 3.66. The SMILES string of the molecule is COc1ccc(-c2coc3cc(OP(=O)(O)O)cc(OP(=O)(O)O)c3c2=O)cc1. The highest BCUT2D eigenvalue weighted by Crippen LogP contribution is 2.45. The second-order valence-electron chi connectivity index (χ2n) is 5.67. The van der Waals surface area contributed by atoms with Crippen LogP contribution in [0.2, 0.25) is 0 Å². The van der Waals surface area contributed by atoms with Crippen LogP contribution >= 0.6 is 15.6 Å². The zero-order chi connectivity index (χ0) is 21.4. The summed E-state index contributed by atoms with van der Waals surface area (Å²) in [6, 6.07) is 8.11.